The van der Waals surface area contributed by atoms with Crippen molar-refractivity contribution in [1.29, 1.82) is 0 Å². The van der Waals surface area contributed by atoms with E-state index in [-0.39, 0.29) is 5.97 Å². The molecule has 0 amide bonds. The maximum Gasteiger partial charge on any atom is 0.333 e. The molecule has 1 aromatic carbocycles. The molecule has 0 spiro atoms. The predicted octanol–water partition coefficient (Wildman–Crippen LogP) is 2.04. The molecule has 2 aromatic rings. The van der Waals surface area contributed by atoms with E-state index in [4.69, 9.17) is 4.74 Å². The van der Waals surface area contributed by atoms with Crippen LogP contribution in [-0.2, 0) is 9.53 Å². The molecule has 4 nitrogen and oxygen atoms in total. The molecule has 4 heteroatoms. The Bertz CT molecular complexity index is 465. The van der Waals surface area contributed by atoms with Crippen LogP contribution >= 0.6 is 0 Å². The van der Waals surface area contributed by atoms with Gasteiger partial charge >= 0.3 is 5.97 Å². The Morgan fingerprint density at radius 2 is 2.18 bits per heavy atom. The van der Waals surface area contributed by atoms with Crippen molar-refractivity contribution in [2.45, 2.75) is 13.0 Å². The maximum atomic E-state index is 12.0. The van der Waals surface area contributed by atoms with Gasteiger partial charge in [-0.1, -0.05) is 30.3 Å². The summed E-state index contributed by atoms with van der Waals surface area (Å²) in [5.41, 5.74) is 0.893. The minimum absolute atomic E-state index is 0.267. The Morgan fingerprint density at radius 3 is 2.76 bits per heavy atom. The van der Waals surface area contributed by atoms with Crippen LogP contribution in [0.2, 0.25) is 0 Å². The first kappa shape index (κ1) is 11.4. The molecule has 0 fully saturated rings. The lowest BCUT2D eigenvalue weighted by atomic mass is 10.1. The minimum Gasteiger partial charge on any atom is -0.464 e. The van der Waals surface area contributed by atoms with E-state index in [9.17, 15) is 4.79 Å². The number of nitrogens with zero attached hydrogens (tertiary/aromatic N) is 2. The highest BCUT2D eigenvalue weighted by atomic mass is 16.5. The van der Waals surface area contributed by atoms with Gasteiger partial charge in [-0.15, -0.1) is 0 Å². The number of esters is 1. The molecule has 0 saturated carbocycles. The average Bonchev–Trinajstić information content (AvgIpc) is 2.85. The highest BCUT2D eigenvalue weighted by Crippen LogP contribution is 2.19. The van der Waals surface area contributed by atoms with Gasteiger partial charge in [0.2, 0.25) is 0 Å². The molecule has 1 unspecified atom stereocenters. The van der Waals surface area contributed by atoms with E-state index >= 15 is 0 Å². The number of carbonyl (C=O) groups excluding carboxylic acids is 1. The lowest BCUT2D eigenvalue weighted by Crippen LogP contribution is -2.22. The van der Waals surface area contributed by atoms with Gasteiger partial charge in [-0.05, 0) is 12.5 Å². The van der Waals surface area contributed by atoms with E-state index in [1.807, 2.05) is 30.3 Å². The van der Waals surface area contributed by atoms with Crippen LogP contribution in [0.15, 0.2) is 49.1 Å². The van der Waals surface area contributed by atoms with Crippen molar-refractivity contribution in [3.63, 3.8) is 0 Å². The van der Waals surface area contributed by atoms with Gasteiger partial charge in [0.1, 0.15) is 0 Å². The van der Waals surface area contributed by atoms with Crippen LogP contribution < -0.4 is 0 Å². The Kier molecular flexibility index (Phi) is 3.55. The van der Waals surface area contributed by atoms with Crippen LogP contribution in [0.4, 0.5) is 0 Å². The van der Waals surface area contributed by atoms with E-state index in [1.165, 1.54) is 0 Å². The quantitative estimate of drug-likeness (QED) is 0.755. The summed E-state index contributed by atoms with van der Waals surface area (Å²) in [6.07, 6.45) is 5.03. The second-order valence-electron chi connectivity index (χ2n) is 3.58. The average molecular weight is 230 g/mol. The first-order valence-corrected chi connectivity index (χ1v) is 5.52. The number of benzene rings is 1. The van der Waals surface area contributed by atoms with Crippen molar-refractivity contribution in [1.82, 2.24) is 9.55 Å². The predicted molar refractivity (Wildman–Crippen MR) is 63.4 cm³/mol. The topological polar surface area (TPSA) is 44.1 Å². The summed E-state index contributed by atoms with van der Waals surface area (Å²) in [5, 5.41) is 0. The standard InChI is InChI=1S/C13H14N2O2/c1-2-17-13(16)12(15-9-8-14-10-15)11-6-4-3-5-7-11/h3-10,12H,2H2,1H3. The molecule has 88 valence electrons. The Balaban J connectivity index is 2.35. The second kappa shape index (κ2) is 5.30. The fourth-order valence-corrected chi connectivity index (χ4v) is 1.71. The summed E-state index contributed by atoms with van der Waals surface area (Å²) < 4.78 is 6.84. The highest BCUT2D eigenvalue weighted by Gasteiger charge is 2.22. The summed E-state index contributed by atoms with van der Waals surface area (Å²) in [6.45, 7) is 2.17. The van der Waals surface area contributed by atoms with Crippen LogP contribution in [0.25, 0.3) is 0 Å². The van der Waals surface area contributed by atoms with Gasteiger partial charge in [0, 0.05) is 12.4 Å². The summed E-state index contributed by atoms with van der Waals surface area (Å²) in [6, 6.07) is 9.07. The third-order valence-corrected chi connectivity index (χ3v) is 2.45. The molecule has 17 heavy (non-hydrogen) atoms. The van der Waals surface area contributed by atoms with Gasteiger partial charge in [-0.2, -0.15) is 0 Å². The number of carbonyl (C=O) groups is 1. The fraction of sp³-hybridized carbons (Fsp3) is 0.231. The normalized spacial score (nSPS) is 12.1. The van der Waals surface area contributed by atoms with E-state index in [1.54, 1.807) is 30.2 Å². The van der Waals surface area contributed by atoms with Crippen molar-refractivity contribution in [2.24, 2.45) is 0 Å². The summed E-state index contributed by atoms with van der Waals surface area (Å²) in [5.74, 6) is -0.267. The molecule has 1 heterocycles. The molecule has 0 aliphatic heterocycles. The molecule has 0 aliphatic rings. The summed E-state index contributed by atoms with van der Waals surface area (Å²) in [4.78, 5) is 15.9. The number of aromatic nitrogens is 2. The van der Waals surface area contributed by atoms with Crippen molar-refractivity contribution in [2.75, 3.05) is 6.61 Å². The molecule has 0 saturated heterocycles. The molecule has 0 N–H and O–H groups in total. The number of hydrogen-bond donors (Lipinski definition) is 0. The van der Waals surface area contributed by atoms with Gasteiger partial charge in [0.25, 0.3) is 0 Å². The zero-order chi connectivity index (χ0) is 12.1. The molecule has 0 radical (unpaired) electrons. The Hall–Kier alpha value is -2.10. The molecule has 0 aliphatic carbocycles. The molecule has 2 rings (SSSR count). The highest BCUT2D eigenvalue weighted by molar-refractivity contribution is 5.78. The van der Waals surface area contributed by atoms with Gasteiger partial charge in [-0.3, -0.25) is 0 Å². The SMILES string of the molecule is CCOC(=O)C(c1ccccc1)n1ccnc1. The van der Waals surface area contributed by atoms with Gasteiger partial charge in [-0.25, -0.2) is 9.78 Å². The smallest absolute Gasteiger partial charge is 0.333 e. The molecule has 0 bridgehead atoms. The number of hydrogen-bond acceptors (Lipinski definition) is 3. The van der Waals surface area contributed by atoms with Crippen molar-refractivity contribution >= 4 is 5.97 Å². The van der Waals surface area contributed by atoms with Crippen molar-refractivity contribution in [3.05, 3.63) is 54.6 Å². The van der Waals surface area contributed by atoms with E-state index in [0.717, 1.165) is 5.56 Å². The summed E-state index contributed by atoms with van der Waals surface area (Å²) in [7, 11) is 0. The van der Waals surface area contributed by atoms with Crippen LogP contribution in [0.1, 0.15) is 18.5 Å². The fourth-order valence-electron chi connectivity index (χ4n) is 1.71. The van der Waals surface area contributed by atoms with E-state index < -0.39 is 6.04 Å². The van der Waals surface area contributed by atoms with Gasteiger partial charge in [0.15, 0.2) is 6.04 Å². The van der Waals surface area contributed by atoms with Gasteiger partial charge < -0.3 is 9.30 Å². The third-order valence-electron chi connectivity index (χ3n) is 2.45. The maximum absolute atomic E-state index is 12.0. The summed E-state index contributed by atoms with van der Waals surface area (Å²) >= 11 is 0. The molecule has 1 atom stereocenters. The van der Waals surface area contributed by atoms with E-state index in [0.29, 0.717) is 6.61 Å². The third kappa shape index (κ3) is 2.53. The lowest BCUT2D eigenvalue weighted by molar-refractivity contribution is -0.145. The van der Waals surface area contributed by atoms with Crippen LogP contribution in [0, 0.1) is 0 Å². The van der Waals surface area contributed by atoms with Gasteiger partial charge in [0.05, 0.1) is 12.9 Å². The lowest BCUT2D eigenvalue weighted by Gasteiger charge is -2.17. The number of imidazole rings is 1. The Labute approximate surface area is 99.9 Å². The number of rotatable bonds is 4. The van der Waals surface area contributed by atoms with Crippen LogP contribution in [0.3, 0.4) is 0 Å². The van der Waals surface area contributed by atoms with Crippen molar-refractivity contribution in [3.8, 4) is 0 Å². The molecule has 1 aromatic heterocycles. The first-order valence-electron chi connectivity index (χ1n) is 5.52. The van der Waals surface area contributed by atoms with Crippen LogP contribution in [-0.4, -0.2) is 22.1 Å². The minimum atomic E-state index is -0.460. The first-order chi connectivity index (χ1) is 8.33. The Morgan fingerprint density at radius 1 is 1.41 bits per heavy atom. The number of ether oxygens (including phenoxy) is 1. The molecular weight excluding hydrogens is 216 g/mol. The van der Waals surface area contributed by atoms with E-state index in [2.05, 4.69) is 4.98 Å². The van der Waals surface area contributed by atoms with Crippen molar-refractivity contribution < 1.29 is 9.53 Å². The zero-order valence-corrected chi connectivity index (χ0v) is 9.61. The molecular formula is C13H14N2O2. The van der Waals surface area contributed by atoms with Crippen LogP contribution in [0.5, 0.6) is 0 Å². The second-order valence-corrected chi connectivity index (χ2v) is 3.58. The monoisotopic (exact) mass is 230 g/mol. The zero-order valence-electron chi connectivity index (χ0n) is 9.61. The largest absolute Gasteiger partial charge is 0.464 e.